The lowest BCUT2D eigenvalue weighted by atomic mass is 9.93. The van der Waals surface area contributed by atoms with Gasteiger partial charge in [-0.3, -0.25) is 4.79 Å². The zero-order valence-corrected chi connectivity index (χ0v) is 17.2. The highest BCUT2D eigenvalue weighted by molar-refractivity contribution is 6.33. The predicted molar refractivity (Wildman–Crippen MR) is 113 cm³/mol. The topological polar surface area (TPSA) is 59.2 Å². The summed E-state index contributed by atoms with van der Waals surface area (Å²) in [5, 5.41) is 4.57. The molecule has 1 amide bonds. The van der Waals surface area contributed by atoms with Gasteiger partial charge in [-0.05, 0) is 37.5 Å². The molecule has 29 heavy (non-hydrogen) atoms. The largest absolute Gasteiger partial charge is 0.337 e. The summed E-state index contributed by atoms with van der Waals surface area (Å²) < 4.78 is 5.49. The van der Waals surface area contributed by atoms with E-state index in [4.69, 9.17) is 16.1 Å². The van der Waals surface area contributed by atoms with Gasteiger partial charge >= 0.3 is 0 Å². The molecule has 150 valence electrons. The lowest BCUT2D eigenvalue weighted by Gasteiger charge is -2.33. The van der Waals surface area contributed by atoms with E-state index in [9.17, 15) is 4.79 Å². The smallest absolute Gasteiger partial charge is 0.256 e. The lowest BCUT2D eigenvalue weighted by molar-refractivity contribution is 0.0586. The fourth-order valence-corrected chi connectivity index (χ4v) is 4.19. The van der Waals surface area contributed by atoms with Crippen LogP contribution >= 0.6 is 11.6 Å². The molecule has 0 radical (unpaired) electrons. The van der Waals surface area contributed by atoms with Crippen molar-refractivity contribution in [2.75, 3.05) is 0 Å². The van der Waals surface area contributed by atoms with E-state index in [2.05, 4.69) is 10.1 Å². The average molecular weight is 410 g/mol. The Morgan fingerprint density at radius 1 is 1.14 bits per heavy atom. The van der Waals surface area contributed by atoms with Crippen molar-refractivity contribution in [3.05, 3.63) is 70.6 Å². The van der Waals surface area contributed by atoms with Gasteiger partial charge in [-0.25, -0.2) is 0 Å². The maximum atomic E-state index is 13.4. The van der Waals surface area contributed by atoms with E-state index in [1.807, 2.05) is 54.3 Å². The van der Waals surface area contributed by atoms with E-state index in [0.717, 1.165) is 36.8 Å². The van der Waals surface area contributed by atoms with E-state index in [-0.39, 0.29) is 18.5 Å². The fraction of sp³-hybridized carbons (Fsp3) is 0.348. The van der Waals surface area contributed by atoms with Crippen LogP contribution in [0.4, 0.5) is 0 Å². The van der Waals surface area contributed by atoms with Gasteiger partial charge in [0.25, 0.3) is 5.91 Å². The summed E-state index contributed by atoms with van der Waals surface area (Å²) >= 11 is 6.40. The summed E-state index contributed by atoms with van der Waals surface area (Å²) in [7, 11) is 0. The quantitative estimate of drug-likeness (QED) is 0.544. The highest BCUT2D eigenvalue weighted by Gasteiger charge is 2.29. The minimum atomic E-state index is -0.0821. The number of hydrogen-bond acceptors (Lipinski definition) is 4. The molecule has 3 aromatic rings. The molecule has 1 aromatic heterocycles. The number of carbonyl (C=O) groups excluding carboxylic acids is 1. The highest BCUT2D eigenvalue weighted by atomic mass is 35.5. The number of aromatic nitrogens is 2. The summed E-state index contributed by atoms with van der Waals surface area (Å²) in [6.45, 7) is 2.25. The highest BCUT2D eigenvalue weighted by Crippen LogP contribution is 2.28. The van der Waals surface area contributed by atoms with Crippen LogP contribution in [0.25, 0.3) is 11.4 Å². The molecule has 1 aliphatic carbocycles. The zero-order valence-electron chi connectivity index (χ0n) is 16.5. The SMILES string of the molecule is Cc1ccc(C(=O)N(Cc2nc(-c3ccccc3)no2)C2CCCCC2)c(Cl)c1. The van der Waals surface area contributed by atoms with Gasteiger partial charge < -0.3 is 9.42 Å². The molecule has 0 spiro atoms. The van der Waals surface area contributed by atoms with Crippen molar-refractivity contribution in [3.63, 3.8) is 0 Å². The van der Waals surface area contributed by atoms with Crippen LogP contribution in [0.2, 0.25) is 5.02 Å². The monoisotopic (exact) mass is 409 g/mol. The molecule has 4 rings (SSSR count). The van der Waals surface area contributed by atoms with E-state index < -0.39 is 0 Å². The van der Waals surface area contributed by atoms with E-state index in [0.29, 0.717) is 22.3 Å². The first-order valence-corrected chi connectivity index (χ1v) is 10.4. The van der Waals surface area contributed by atoms with Crippen molar-refractivity contribution in [1.82, 2.24) is 15.0 Å². The number of amides is 1. The predicted octanol–water partition coefficient (Wildman–Crippen LogP) is 5.67. The first-order valence-electron chi connectivity index (χ1n) is 10.1. The van der Waals surface area contributed by atoms with Gasteiger partial charge in [-0.1, -0.05) is 72.4 Å². The molecule has 0 unspecified atom stereocenters. The molecule has 1 saturated carbocycles. The Labute approximate surface area is 175 Å². The third-order valence-electron chi connectivity index (χ3n) is 5.44. The van der Waals surface area contributed by atoms with Gasteiger partial charge in [0.1, 0.15) is 6.54 Å². The van der Waals surface area contributed by atoms with E-state index in [1.54, 1.807) is 6.07 Å². The van der Waals surface area contributed by atoms with Crippen LogP contribution in [0.3, 0.4) is 0 Å². The fourth-order valence-electron chi connectivity index (χ4n) is 3.88. The van der Waals surface area contributed by atoms with Gasteiger partial charge in [0, 0.05) is 11.6 Å². The average Bonchev–Trinajstić information content (AvgIpc) is 3.22. The molecular formula is C23H24ClN3O2. The van der Waals surface area contributed by atoms with Crippen LogP contribution in [-0.4, -0.2) is 27.0 Å². The van der Waals surface area contributed by atoms with Crippen LogP contribution in [0.15, 0.2) is 53.1 Å². The maximum Gasteiger partial charge on any atom is 0.256 e. The number of nitrogens with zero attached hydrogens (tertiary/aromatic N) is 3. The Balaban J connectivity index is 1.61. The standard InChI is InChI=1S/C23H24ClN3O2/c1-16-12-13-19(20(24)14-16)23(28)27(18-10-6-3-7-11-18)15-21-25-22(26-29-21)17-8-4-2-5-9-17/h2,4-5,8-9,12-14,18H,3,6-7,10-11,15H2,1H3. The van der Waals surface area contributed by atoms with Crippen molar-refractivity contribution >= 4 is 17.5 Å². The summed E-state index contributed by atoms with van der Waals surface area (Å²) in [6, 6.07) is 15.4. The number of halogens is 1. The summed E-state index contributed by atoms with van der Waals surface area (Å²) in [4.78, 5) is 19.8. The van der Waals surface area contributed by atoms with Crippen molar-refractivity contribution < 1.29 is 9.32 Å². The normalized spacial score (nSPS) is 14.7. The third kappa shape index (κ3) is 4.51. The Kier molecular flexibility index (Phi) is 5.95. The van der Waals surface area contributed by atoms with E-state index in [1.165, 1.54) is 6.42 Å². The summed E-state index contributed by atoms with van der Waals surface area (Å²) in [6.07, 6.45) is 5.41. The van der Waals surface area contributed by atoms with Crippen LogP contribution in [-0.2, 0) is 6.54 Å². The Hall–Kier alpha value is -2.66. The molecule has 1 fully saturated rings. The van der Waals surface area contributed by atoms with Gasteiger partial charge in [-0.2, -0.15) is 4.98 Å². The van der Waals surface area contributed by atoms with Crippen LogP contribution in [0, 0.1) is 6.92 Å². The number of aryl methyl sites for hydroxylation is 1. The van der Waals surface area contributed by atoms with E-state index >= 15 is 0 Å². The molecule has 1 heterocycles. The van der Waals surface area contributed by atoms with Crippen molar-refractivity contribution in [2.45, 2.75) is 51.6 Å². The van der Waals surface area contributed by atoms with Gasteiger partial charge in [0.2, 0.25) is 11.7 Å². The number of benzene rings is 2. The summed E-state index contributed by atoms with van der Waals surface area (Å²) in [5.74, 6) is 0.886. The van der Waals surface area contributed by atoms with Crippen molar-refractivity contribution in [1.29, 1.82) is 0 Å². The number of rotatable bonds is 5. The molecule has 0 N–H and O–H groups in total. The molecule has 0 aliphatic heterocycles. The Morgan fingerprint density at radius 3 is 2.62 bits per heavy atom. The summed E-state index contributed by atoms with van der Waals surface area (Å²) in [5.41, 5.74) is 2.44. The number of carbonyl (C=O) groups is 1. The second kappa shape index (κ2) is 8.78. The minimum Gasteiger partial charge on any atom is -0.337 e. The van der Waals surface area contributed by atoms with Crippen LogP contribution in [0.5, 0.6) is 0 Å². The molecule has 0 atom stereocenters. The van der Waals surface area contributed by atoms with Crippen molar-refractivity contribution in [3.8, 4) is 11.4 Å². The minimum absolute atomic E-state index is 0.0821. The molecule has 0 bridgehead atoms. The van der Waals surface area contributed by atoms with Crippen LogP contribution < -0.4 is 0 Å². The molecular weight excluding hydrogens is 386 g/mol. The molecule has 0 saturated heterocycles. The first kappa shape index (κ1) is 19.6. The zero-order chi connectivity index (χ0) is 20.2. The molecule has 1 aliphatic rings. The first-order chi connectivity index (χ1) is 14.1. The third-order valence-corrected chi connectivity index (χ3v) is 5.75. The number of hydrogen-bond donors (Lipinski definition) is 0. The van der Waals surface area contributed by atoms with Gasteiger partial charge in [-0.15, -0.1) is 0 Å². The van der Waals surface area contributed by atoms with Gasteiger partial charge in [0.05, 0.1) is 10.6 Å². The maximum absolute atomic E-state index is 13.4. The van der Waals surface area contributed by atoms with Gasteiger partial charge in [0.15, 0.2) is 0 Å². The second-order valence-corrected chi connectivity index (χ2v) is 7.99. The lowest BCUT2D eigenvalue weighted by Crippen LogP contribution is -2.41. The Bertz CT molecular complexity index is 981. The molecule has 6 heteroatoms. The van der Waals surface area contributed by atoms with Crippen LogP contribution in [0.1, 0.15) is 53.9 Å². The molecule has 5 nitrogen and oxygen atoms in total. The van der Waals surface area contributed by atoms with Crippen molar-refractivity contribution in [2.24, 2.45) is 0 Å². The second-order valence-electron chi connectivity index (χ2n) is 7.59. The molecule has 2 aromatic carbocycles. The Morgan fingerprint density at radius 2 is 1.90 bits per heavy atom.